The summed E-state index contributed by atoms with van der Waals surface area (Å²) in [4.78, 5) is 13.3. The van der Waals surface area contributed by atoms with Crippen molar-refractivity contribution in [3.63, 3.8) is 0 Å². The van der Waals surface area contributed by atoms with Gasteiger partial charge in [0, 0.05) is 6.42 Å². The Morgan fingerprint density at radius 3 is 1.41 bits per heavy atom. The van der Waals surface area contributed by atoms with Gasteiger partial charge < -0.3 is 65.1 Å². The zero-order valence-corrected chi connectivity index (χ0v) is 44.7. The zero-order chi connectivity index (χ0) is 51.7. The molecule has 9 N–H and O–H groups in total. The fraction of sp³-hybridized carbons (Fsp3) is 0.912. The van der Waals surface area contributed by atoms with Crippen LogP contribution in [0.1, 0.15) is 239 Å². The van der Waals surface area contributed by atoms with Crippen molar-refractivity contribution in [2.24, 2.45) is 0 Å². The van der Waals surface area contributed by atoms with Crippen LogP contribution in [0.5, 0.6) is 0 Å². The van der Waals surface area contributed by atoms with Crippen molar-refractivity contribution in [1.29, 1.82) is 0 Å². The molecule has 0 bridgehead atoms. The van der Waals surface area contributed by atoms with E-state index in [0.29, 0.717) is 12.8 Å². The van der Waals surface area contributed by atoms with Crippen molar-refractivity contribution in [2.45, 2.75) is 312 Å². The highest BCUT2D eigenvalue weighted by Gasteiger charge is 2.51. The Balaban J connectivity index is 1.74. The summed E-state index contributed by atoms with van der Waals surface area (Å²) in [7, 11) is 0. The number of amides is 1. The molecule has 71 heavy (non-hydrogen) atoms. The Bertz CT molecular complexity index is 1290. The highest BCUT2D eigenvalue weighted by atomic mass is 16.7. The third kappa shape index (κ3) is 30.0. The average molecular weight is 1010 g/mol. The van der Waals surface area contributed by atoms with Crippen molar-refractivity contribution in [3.8, 4) is 0 Å². The van der Waals surface area contributed by atoms with Crippen molar-refractivity contribution >= 4 is 5.91 Å². The molecule has 0 aromatic carbocycles. The summed E-state index contributed by atoms with van der Waals surface area (Å²) in [6.07, 6.45) is 33.1. The normalized spacial score (nSPS) is 25.9. The molecular formula is C57H107NO13. The molecule has 12 atom stereocenters. The smallest absolute Gasteiger partial charge is 0.220 e. The summed E-state index contributed by atoms with van der Waals surface area (Å²) in [5, 5.41) is 87.1. The largest absolute Gasteiger partial charge is 0.394 e. The minimum absolute atomic E-state index is 0.208. The third-order valence-corrected chi connectivity index (χ3v) is 14.4. The molecule has 0 spiro atoms. The van der Waals surface area contributed by atoms with Crippen LogP contribution in [0.15, 0.2) is 24.3 Å². The lowest BCUT2D eigenvalue weighted by Crippen LogP contribution is -2.65. The van der Waals surface area contributed by atoms with Crippen molar-refractivity contribution in [2.75, 3.05) is 19.8 Å². The summed E-state index contributed by atoms with van der Waals surface area (Å²) in [6.45, 7) is 2.86. The van der Waals surface area contributed by atoms with Crippen LogP contribution in [0.4, 0.5) is 0 Å². The number of rotatable bonds is 46. The van der Waals surface area contributed by atoms with E-state index in [1.165, 1.54) is 154 Å². The van der Waals surface area contributed by atoms with E-state index in [4.69, 9.17) is 18.9 Å². The standard InChI is InChI=1S/C57H107NO13/c1-3-5-7-9-11-13-15-17-19-20-21-22-23-24-25-26-27-29-31-33-35-37-39-41-49(62)58-45(46(61)40-38-36-34-32-30-28-18-16-14-12-10-8-6-4-2)44-68-56-54(67)52(65)55(48(43-60)70-56)71-57-53(66)51(64)50(63)47(42-59)69-57/h15,17,20-21,45-48,50-57,59-61,63-67H,3-14,16,18-19,22-44H2,1-2H3,(H,58,62)/b17-15-,21-20-. The van der Waals surface area contributed by atoms with E-state index in [1.54, 1.807) is 0 Å². The van der Waals surface area contributed by atoms with E-state index in [2.05, 4.69) is 43.5 Å². The predicted molar refractivity (Wildman–Crippen MR) is 282 cm³/mol. The Morgan fingerprint density at radius 1 is 0.507 bits per heavy atom. The van der Waals surface area contributed by atoms with Crippen LogP contribution in [0, 0.1) is 0 Å². The van der Waals surface area contributed by atoms with Crippen molar-refractivity contribution < 1.29 is 64.6 Å². The van der Waals surface area contributed by atoms with Crippen LogP contribution >= 0.6 is 0 Å². The number of carbonyl (C=O) groups excluding carboxylic acids is 1. The Kier molecular flexibility index (Phi) is 40.4. The Morgan fingerprint density at radius 2 is 0.930 bits per heavy atom. The van der Waals surface area contributed by atoms with Crippen LogP contribution < -0.4 is 5.32 Å². The first kappa shape index (κ1) is 65.6. The molecule has 2 saturated heterocycles. The molecular weight excluding hydrogens is 907 g/mol. The monoisotopic (exact) mass is 1010 g/mol. The lowest BCUT2D eigenvalue weighted by atomic mass is 9.97. The molecule has 0 saturated carbocycles. The van der Waals surface area contributed by atoms with E-state index in [1.807, 2.05) is 0 Å². The molecule has 12 unspecified atom stereocenters. The first-order chi connectivity index (χ1) is 34.6. The van der Waals surface area contributed by atoms with Crippen molar-refractivity contribution in [3.05, 3.63) is 24.3 Å². The number of nitrogens with one attached hydrogen (secondary N) is 1. The van der Waals surface area contributed by atoms with Gasteiger partial charge in [-0.25, -0.2) is 0 Å². The fourth-order valence-corrected chi connectivity index (χ4v) is 9.68. The topological polar surface area (TPSA) is 228 Å². The lowest BCUT2D eigenvalue weighted by molar-refractivity contribution is -0.359. The maximum atomic E-state index is 13.3. The number of aliphatic hydroxyl groups is 8. The molecule has 14 heteroatoms. The van der Waals surface area contributed by atoms with Crippen LogP contribution in [0.3, 0.4) is 0 Å². The zero-order valence-electron chi connectivity index (χ0n) is 44.7. The number of hydrogen-bond acceptors (Lipinski definition) is 13. The van der Waals surface area contributed by atoms with E-state index < -0.39 is 86.8 Å². The SMILES string of the molecule is CCCCCCC/C=C\C/C=C\CCCCCCCCCCCCCC(=O)NC(COC1OC(CO)C(OC2OC(CO)C(O)C(O)C2O)C(O)C1O)C(O)CCCCCCCCCCCCCCCC. The Labute approximate surface area is 430 Å². The molecule has 2 rings (SSSR count). The lowest BCUT2D eigenvalue weighted by Gasteiger charge is -2.46. The average Bonchev–Trinajstić information content (AvgIpc) is 3.37. The third-order valence-electron chi connectivity index (χ3n) is 14.4. The van der Waals surface area contributed by atoms with Gasteiger partial charge in [0.15, 0.2) is 12.6 Å². The quantitative estimate of drug-likeness (QED) is 0.0205. The van der Waals surface area contributed by atoms with Crippen LogP contribution in [0.2, 0.25) is 0 Å². The second kappa shape index (κ2) is 43.7. The number of carbonyl (C=O) groups is 1. The minimum Gasteiger partial charge on any atom is -0.394 e. The van der Waals surface area contributed by atoms with E-state index in [0.717, 1.165) is 57.8 Å². The maximum Gasteiger partial charge on any atom is 0.220 e. The molecule has 14 nitrogen and oxygen atoms in total. The molecule has 2 aliphatic rings. The van der Waals surface area contributed by atoms with Crippen LogP contribution in [0.25, 0.3) is 0 Å². The first-order valence-electron chi connectivity index (χ1n) is 29.1. The van der Waals surface area contributed by atoms with E-state index in [-0.39, 0.29) is 12.5 Å². The molecule has 418 valence electrons. The summed E-state index contributed by atoms with van der Waals surface area (Å²) < 4.78 is 22.8. The van der Waals surface area contributed by atoms with Crippen molar-refractivity contribution in [1.82, 2.24) is 5.32 Å². The number of aliphatic hydroxyl groups excluding tert-OH is 8. The second-order valence-corrected chi connectivity index (χ2v) is 20.8. The van der Waals surface area contributed by atoms with Crippen LogP contribution in [-0.4, -0.2) is 140 Å². The molecule has 0 aromatic rings. The van der Waals surface area contributed by atoms with Gasteiger partial charge in [-0.15, -0.1) is 0 Å². The number of allylic oxidation sites excluding steroid dienone is 4. The summed E-state index contributed by atoms with van der Waals surface area (Å²) in [6, 6.07) is -0.827. The predicted octanol–water partition coefficient (Wildman–Crippen LogP) is 9.28. The van der Waals surface area contributed by atoms with Gasteiger partial charge in [0.05, 0.1) is 32.0 Å². The molecule has 0 radical (unpaired) electrons. The van der Waals surface area contributed by atoms with Gasteiger partial charge in [-0.2, -0.15) is 0 Å². The Hall–Kier alpha value is -1.53. The molecule has 2 heterocycles. The maximum absolute atomic E-state index is 13.3. The molecule has 0 aromatic heterocycles. The second-order valence-electron chi connectivity index (χ2n) is 20.8. The van der Waals surface area contributed by atoms with Gasteiger partial charge in [-0.1, -0.05) is 212 Å². The molecule has 2 aliphatic heterocycles. The van der Waals surface area contributed by atoms with Gasteiger partial charge in [0.2, 0.25) is 5.91 Å². The first-order valence-corrected chi connectivity index (χ1v) is 29.1. The van der Waals surface area contributed by atoms with Gasteiger partial charge in [-0.05, 0) is 44.9 Å². The van der Waals surface area contributed by atoms with Gasteiger partial charge in [0.1, 0.15) is 48.8 Å². The van der Waals surface area contributed by atoms with Gasteiger partial charge in [0.25, 0.3) is 0 Å². The van der Waals surface area contributed by atoms with Gasteiger partial charge >= 0.3 is 0 Å². The summed E-state index contributed by atoms with van der Waals surface area (Å²) >= 11 is 0. The van der Waals surface area contributed by atoms with Gasteiger partial charge in [-0.3, -0.25) is 4.79 Å². The highest BCUT2D eigenvalue weighted by Crippen LogP contribution is 2.30. The minimum atomic E-state index is -1.78. The molecule has 2 fully saturated rings. The number of ether oxygens (including phenoxy) is 4. The number of hydrogen-bond donors (Lipinski definition) is 9. The van der Waals surface area contributed by atoms with E-state index in [9.17, 15) is 45.6 Å². The fourth-order valence-electron chi connectivity index (χ4n) is 9.68. The number of unbranched alkanes of at least 4 members (excludes halogenated alkanes) is 29. The molecule has 1 amide bonds. The summed E-state index contributed by atoms with van der Waals surface area (Å²) in [5.74, 6) is -0.208. The highest BCUT2D eigenvalue weighted by molar-refractivity contribution is 5.76. The van der Waals surface area contributed by atoms with Crippen LogP contribution in [-0.2, 0) is 23.7 Å². The summed E-state index contributed by atoms with van der Waals surface area (Å²) in [5.41, 5.74) is 0. The molecule has 0 aliphatic carbocycles. The van der Waals surface area contributed by atoms with E-state index >= 15 is 0 Å².